The third kappa shape index (κ3) is 3.35. The number of anilines is 1. The van der Waals surface area contributed by atoms with Crippen LogP contribution in [0.2, 0.25) is 0 Å². The number of methoxy groups -OCH3 is 1. The molecular formula is C13H22N2O2. The fraction of sp³-hybridized carbons (Fsp3) is 0.538. The van der Waals surface area contributed by atoms with Gasteiger partial charge in [-0.2, -0.15) is 0 Å². The molecular weight excluding hydrogens is 216 g/mol. The first-order valence-electron chi connectivity index (χ1n) is 5.74. The van der Waals surface area contributed by atoms with Crippen LogP contribution < -0.4 is 15.4 Å². The topological polar surface area (TPSA) is 58.7 Å². The highest BCUT2D eigenvalue weighted by atomic mass is 16.5. The smallest absolute Gasteiger partial charge is 0.142 e. The second-order valence-corrected chi connectivity index (χ2v) is 4.38. The largest absolute Gasteiger partial charge is 0.495 e. The van der Waals surface area contributed by atoms with Crippen molar-refractivity contribution in [3.8, 4) is 5.75 Å². The highest BCUT2D eigenvalue weighted by Gasteiger charge is 2.13. The van der Waals surface area contributed by atoms with Gasteiger partial charge in [-0.05, 0) is 37.1 Å². The lowest BCUT2D eigenvalue weighted by molar-refractivity contribution is 0.189. The first-order valence-corrected chi connectivity index (χ1v) is 5.74. The van der Waals surface area contributed by atoms with Gasteiger partial charge in [0.15, 0.2) is 0 Å². The van der Waals surface area contributed by atoms with Crippen LogP contribution in [0.3, 0.4) is 0 Å². The van der Waals surface area contributed by atoms with Crippen LogP contribution in [0.1, 0.15) is 11.1 Å². The van der Waals surface area contributed by atoms with Gasteiger partial charge < -0.3 is 20.5 Å². The monoisotopic (exact) mass is 238 g/mol. The molecule has 0 saturated heterocycles. The molecule has 0 saturated carbocycles. The van der Waals surface area contributed by atoms with Crippen LogP contribution in [0.4, 0.5) is 5.69 Å². The molecule has 1 rings (SSSR count). The van der Waals surface area contributed by atoms with Gasteiger partial charge in [-0.25, -0.2) is 0 Å². The first-order chi connectivity index (χ1) is 7.99. The Balaban J connectivity index is 2.99. The number of likely N-dealkylation sites (N-methyl/N-ethyl adjacent to an activating group) is 1. The number of aliphatic hydroxyl groups is 1. The van der Waals surface area contributed by atoms with E-state index in [1.54, 1.807) is 7.11 Å². The quantitative estimate of drug-likeness (QED) is 0.805. The molecule has 1 aromatic carbocycles. The third-order valence-electron chi connectivity index (χ3n) is 2.96. The van der Waals surface area contributed by atoms with Crippen molar-refractivity contribution in [1.82, 2.24) is 0 Å². The fourth-order valence-electron chi connectivity index (χ4n) is 1.73. The molecule has 0 aliphatic carbocycles. The van der Waals surface area contributed by atoms with Gasteiger partial charge in [0, 0.05) is 20.1 Å². The molecule has 1 atom stereocenters. The molecule has 3 N–H and O–H groups in total. The Morgan fingerprint density at radius 3 is 2.47 bits per heavy atom. The second kappa shape index (κ2) is 5.89. The van der Waals surface area contributed by atoms with Crippen LogP contribution in [-0.2, 0) is 0 Å². The Morgan fingerprint density at radius 1 is 1.35 bits per heavy atom. The van der Waals surface area contributed by atoms with Crippen LogP contribution in [0.5, 0.6) is 5.75 Å². The zero-order chi connectivity index (χ0) is 13.0. The fourth-order valence-corrected chi connectivity index (χ4v) is 1.73. The number of ether oxygens (including phenoxy) is 1. The Morgan fingerprint density at radius 2 is 1.94 bits per heavy atom. The molecule has 4 heteroatoms. The van der Waals surface area contributed by atoms with E-state index >= 15 is 0 Å². The van der Waals surface area contributed by atoms with Crippen molar-refractivity contribution in [1.29, 1.82) is 0 Å². The molecule has 0 radical (unpaired) electrons. The summed E-state index contributed by atoms with van der Waals surface area (Å²) in [4.78, 5) is 1.96. The third-order valence-corrected chi connectivity index (χ3v) is 2.96. The van der Waals surface area contributed by atoms with Crippen molar-refractivity contribution in [3.05, 3.63) is 23.3 Å². The van der Waals surface area contributed by atoms with Crippen molar-refractivity contribution in [2.75, 3.05) is 32.1 Å². The van der Waals surface area contributed by atoms with Crippen LogP contribution in [0, 0.1) is 13.8 Å². The summed E-state index contributed by atoms with van der Waals surface area (Å²) in [5, 5.41) is 9.57. The average molecular weight is 238 g/mol. The molecule has 0 heterocycles. The van der Waals surface area contributed by atoms with E-state index < -0.39 is 6.10 Å². The molecule has 1 aromatic rings. The molecule has 17 heavy (non-hydrogen) atoms. The van der Waals surface area contributed by atoms with E-state index in [2.05, 4.69) is 19.9 Å². The van der Waals surface area contributed by atoms with Gasteiger partial charge >= 0.3 is 0 Å². The van der Waals surface area contributed by atoms with Gasteiger partial charge in [0.25, 0.3) is 0 Å². The molecule has 4 nitrogen and oxygen atoms in total. The van der Waals surface area contributed by atoms with Crippen molar-refractivity contribution in [2.24, 2.45) is 5.73 Å². The number of nitrogens with two attached hydrogens (primary N) is 1. The predicted molar refractivity (Wildman–Crippen MR) is 70.8 cm³/mol. The van der Waals surface area contributed by atoms with Crippen LogP contribution >= 0.6 is 0 Å². The Kier molecular flexibility index (Phi) is 4.78. The normalized spacial score (nSPS) is 12.4. The number of aliphatic hydroxyl groups excluding tert-OH is 1. The van der Waals surface area contributed by atoms with E-state index in [0.717, 1.165) is 11.4 Å². The van der Waals surface area contributed by atoms with E-state index in [-0.39, 0.29) is 6.54 Å². The van der Waals surface area contributed by atoms with Crippen molar-refractivity contribution in [3.63, 3.8) is 0 Å². The minimum absolute atomic E-state index is 0.261. The Hall–Kier alpha value is -1.26. The summed E-state index contributed by atoms with van der Waals surface area (Å²) in [6, 6.07) is 4.08. The van der Waals surface area contributed by atoms with E-state index in [1.165, 1.54) is 11.1 Å². The Bertz CT molecular complexity index is 380. The van der Waals surface area contributed by atoms with Gasteiger partial charge in [-0.15, -0.1) is 0 Å². The molecule has 0 bridgehead atoms. The summed E-state index contributed by atoms with van der Waals surface area (Å²) in [6.45, 7) is 4.87. The summed E-state index contributed by atoms with van der Waals surface area (Å²) < 4.78 is 5.36. The lowest BCUT2D eigenvalue weighted by Crippen LogP contribution is -2.34. The molecule has 0 fully saturated rings. The second-order valence-electron chi connectivity index (χ2n) is 4.38. The van der Waals surface area contributed by atoms with Gasteiger partial charge in [-0.1, -0.05) is 0 Å². The van der Waals surface area contributed by atoms with Crippen LogP contribution in [0.25, 0.3) is 0 Å². The summed E-state index contributed by atoms with van der Waals surface area (Å²) in [5.74, 6) is 0.819. The van der Waals surface area contributed by atoms with Crippen molar-refractivity contribution < 1.29 is 9.84 Å². The summed E-state index contributed by atoms with van der Waals surface area (Å²) in [5.41, 5.74) is 8.79. The van der Waals surface area contributed by atoms with Crippen molar-refractivity contribution in [2.45, 2.75) is 20.0 Å². The molecule has 0 amide bonds. The van der Waals surface area contributed by atoms with Gasteiger partial charge in [0.1, 0.15) is 5.75 Å². The number of hydrogen-bond acceptors (Lipinski definition) is 4. The maximum absolute atomic E-state index is 9.57. The highest BCUT2D eigenvalue weighted by molar-refractivity contribution is 5.61. The zero-order valence-electron chi connectivity index (χ0n) is 11.0. The maximum atomic E-state index is 9.57. The van der Waals surface area contributed by atoms with Crippen LogP contribution in [-0.4, -0.2) is 38.5 Å². The summed E-state index contributed by atoms with van der Waals surface area (Å²) >= 11 is 0. The molecule has 0 aliphatic heterocycles. The summed E-state index contributed by atoms with van der Waals surface area (Å²) in [6.07, 6.45) is -0.522. The van der Waals surface area contributed by atoms with E-state index in [0.29, 0.717) is 6.54 Å². The number of rotatable bonds is 5. The van der Waals surface area contributed by atoms with Gasteiger partial charge in [0.2, 0.25) is 0 Å². The standard InChI is InChI=1S/C13H22N2O2/c1-9-5-12(13(17-4)6-10(9)2)15(3)8-11(16)7-14/h5-6,11,16H,7-8,14H2,1-4H3. The van der Waals surface area contributed by atoms with Crippen molar-refractivity contribution >= 4 is 5.69 Å². The molecule has 0 aliphatic rings. The van der Waals surface area contributed by atoms with Crippen LogP contribution in [0.15, 0.2) is 12.1 Å². The van der Waals surface area contributed by atoms with E-state index in [1.807, 2.05) is 18.0 Å². The zero-order valence-corrected chi connectivity index (χ0v) is 11.0. The minimum Gasteiger partial charge on any atom is -0.495 e. The number of aryl methyl sites for hydroxylation is 2. The highest BCUT2D eigenvalue weighted by Crippen LogP contribution is 2.30. The first kappa shape index (κ1) is 13.8. The number of nitrogens with zero attached hydrogens (tertiary/aromatic N) is 1. The summed E-state index contributed by atoms with van der Waals surface area (Å²) in [7, 11) is 3.58. The predicted octanol–water partition coefficient (Wildman–Crippen LogP) is 1.07. The number of hydrogen-bond donors (Lipinski definition) is 2. The van der Waals surface area contributed by atoms with E-state index in [4.69, 9.17) is 10.5 Å². The molecule has 0 spiro atoms. The average Bonchev–Trinajstić information content (AvgIpc) is 2.31. The minimum atomic E-state index is -0.522. The molecule has 96 valence electrons. The lowest BCUT2D eigenvalue weighted by atomic mass is 10.1. The van der Waals surface area contributed by atoms with E-state index in [9.17, 15) is 5.11 Å². The van der Waals surface area contributed by atoms with Gasteiger partial charge in [-0.3, -0.25) is 0 Å². The Labute approximate surface area is 103 Å². The maximum Gasteiger partial charge on any atom is 0.142 e. The molecule has 0 aromatic heterocycles. The SMILES string of the molecule is COc1cc(C)c(C)cc1N(C)CC(O)CN. The molecule has 1 unspecified atom stereocenters. The van der Waals surface area contributed by atoms with Gasteiger partial charge in [0.05, 0.1) is 18.9 Å². The lowest BCUT2D eigenvalue weighted by Gasteiger charge is -2.25. The number of benzene rings is 1.